The van der Waals surface area contributed by atoms with E-state index in [9.17, 15) is 9.59 Å². The van der Waals surface area contributed by atoms with Crippen molar-refractivity contribution in [2.24, 2.45) is 5.73 Å². The minimum absolute atomic E-state index is 0.0742. The van der Waals surface area contributed by atoms with Crippen LogP contribution >= 0.6 is 0 Å². The first-order valence-corrected chi connectivity index (χ1v) is 9.45. The molecule has 1 aromatic rings. The van der Waals surface area contributed by atoms with Gasteiger partial charge in [-0.05, 0) is 31.7 Å². The Kier molecular flexibility index (Phi) is 4.48. The van der Waals surface area contributed by atoms with Crippen LogP contribution in [0.5, 0.6) is 0 Å². The van der Waals surface area contributed by atoms with Gasteiger partial charge in [0.25, 0.3) is 0 Å². The number of hydrogen-bond donors (Lipinski definition) is 1. The van der Waals surface area contributed by atoms with Crippen molar-refractivity contribution in [2.75, 3.05) is 44.2 Å². The van der Waals surface area contributed by atoms with Crippen LogP contribution in [0.15, 0.2) is 24.3 Å². The summed E-state index contributed by atoms with van der Waals surface area (Å²) < 4.78 is 6.34. The number of piperidine rings is 1. The molecular weight excluding hydrogens is 332 g/mol. The van der Waals surface area contributed by atoms with Crippen molar-refractivity contribution in [1.82, 2.24) is 9.80 Å². The van der Waals surface area contributed by atoms with Crippen molar-refractivity contribution >= 4 is 17.7 Å². The number of urea groups is 2. The van der Waals surface area contributed by atoms with Crippen molar-refractivity contribution < 1.29 is 14.3 Å². The third-order valence-corrected chi connectivity index (χ3v) is 5.87. The minimum Gasteiger partial charge on any atom is -0.368 e. The van der Waals surface area contributed by atoms with Crippen LogP contribution in [0.3, 0.4) is 0 Å². The molecule has 2 N–H and O–H groups in total. The summed E-state index contributed by atoms with van der Waals surface area (Å²) in [5.74, 6) is 0. The van der Waals surface area contributed by atoms with Gasteiger partial charge >= 0.3 is 12.1 Å². The molecule has 7 nitrogen and oxygen atoms in total. The van der Waals surface area contributed by atoms with Gasteiger partial charge in [-0.2, -0.15) is 0 Å². The highest BCUT2D eigenvalue weighted by Gasteiger charge is 2.43. The maximum atomic E-state index is 13.1. The van der Waals surface area contributed by atoms with Gasteiger partial charge in [-0.15, -0.1) is 0 Å². The third kappa shape index (κ3) is 2.90. The minimum atomic E-state index is -0.456. The number of nitrogens with two attached hydrogens (primary N) is 1. The fourth-order valence-corrected chi connectivity index (χ4v) is 4.40. The smallest absolute Gasteiger partial charge is 0.324 e. The summed E-state index contributed by atoms with van der Waals surface area (Å²) in [6.07, 6.45) is 3.53. The van der Waals surface area contributed by atoms with Crippen molar-refractivity contribution in [3.63, 3.8) is 0 Å². The Hall–Kier alpha value is -2.28. The molecule has 1 spiro atoms. The van der Waals surface area contributed by atoms with Crippen LogP contribution in [0.2, 0.25) is 0 Å². The van der Waals surface area contributed by atoms with E-state index in [1.165, 1.54) is 0 Å². The SMILES string of the molecule is NC(=O)N1CCC2(CC1)OCCN(C(=O)N1CCCC1)c1ccccc12. The molecule has 4 rings (SSSR count). The molecule has 0 saturated carbocycles. The summed E-state index contributed by atoms with van der Waals surface area (Å²) in [5.41, 5.74) is 6.96. The summed E-state index contributed by atoms with van der Waals surface area (Å²) >= 11 is 0. The first-order chi connectivity index (χ1) is 12.6. The van der Waals surface area contributed by atoms with E-state index in [4.69, 9.17) is 10.5 Å². The van der Waals surface area contributed by atoms with E-state index in [1.807, 2.05) is 28.0 Å². The monoisotopic (exact) mass is 358 g/mol. The van der Waals surface area contributed by atoms with E-state index in [-0.39, 0.29) is 12.1 Å². The molecule has 3 aliphatic rings. The first kappa shape index (κ1) is 17.1. The zero-order valence-electron chi connectivity index (χ0n) is 15.0. The number of para-hydroxylation sites is 1. The molecule has 4 amide bonds. The second-order valence-electron chi connectivity index (χ2n) is 7.31. The molecular formula is C19H26N4O3. The van der Waals surface area contributed by atoms with Crippen LogP contribution in [-0.2, 0) is 10.3 Å². The normalized spacial score (nSPS) is 22.2. The fourth-order valence-electron chi connectivity index (χ4n) is 4.40. The maximum absolute atomic E-state index is 13.1. The van der Waals surface area contributed by atoms with Gasteiger partial charge in [0.1, 0.15) is 0 Å². The second kappa shape index (κ2) is 6.79. The van der Waals surface area contributed by atoms with Crippen LogP contribution in [0, 0.1) is 0 Å². The Morgan fingerprint density at radius 2 is 1.65 bits per heavy atom. The highest BCUT2D eigenvalue weighted by Crippen LogP contribution is 2.43. The Balaban J connectivity index is 1.65. The van der Waals surface area contributed by atoms with E-state index in [2.05, 4.69) is 6.07 Å². The highest BCUT2D eigenvalue weighted by molar-refractivity contribution is 5.93. The predicted octanol–water partition coefficient (Wildman–Crippen LogP) is 2.11. The number of rotatable bonds is 0. The Morgan fingerprint density at radius 3 is 2.35 bits per heavy atom. The zero-order valence-corrected chi connectivity index (χ0v) is 15.0. The molecule has 26 heavy (non-hydrogen) atoms. The van der Waals surface area contributed by atoms with Gasteiger partial charge in [0.05, 0.1) is 24.4 Å². The molecule has 2 saturated heterocycles. The van der Waals surface area contributed by atoms with Crippen LogP contribution in [0.4, 0.5) is 15.3 Å². The topological polar surface area (TPSA) is 79.1 Å². The Labute approximate surface area is 153 Å². The van der Waals surface area contributed by atoms with E-state index < -0.39 is 5.60 Å². The van der Waals surface area contributed by atoms with Gasteiger partial charge in [0.15, 0.2) is 0 Å². The van der Waals surface area contributed by atoms with Crippen LogP contribution in [0.1, 0.15) is 31.2 Å². The number of anilines is 1. The van der Waals surface area contributed by atoms with Crippen molar-refractivity contribution in [1.29, 1.82) is 0 Å². The molecule has 7 heteroatoms. The first-order valence-electron chi connectivity index (χ1n) is 9.45. The van der Waals surface area contributed by atoms with Gasteiger partial charge in [0.2, 0.25) is 0 Å². The zero-order chi connectivity index (χ0) is 18.1. The number of carbonyl (C=O) groups is 2. The van der Waals surface area contributed by atoms with Gasteiger partial charge in [-0.1, -0.05) is 18.2 Å². The number of nitrogens with zero attached hydrogens (tertiary/aromatic N) is 3. The number of likely N-dealkylation sites (tertiary alicyclic amines) is 2. The lowest BCUT2D eigenvalue weighted by Gasteiger charge is -2.41. The van der Waals surface area contributed by atoms with Gasteiger partial charge in [-0.3, -0.25) is 4.90 Å². The molecule has 2 fully saturated rings. The Bertz CT molecular complexity index is 694. The number of carbonyl (C=O) groups excluding carboxylic acids is 2. The molecule has 0 atom stereocenters. The molecule has 1 aromatic carbocycles. The number of ether oxygens (including phenoxy) is 1. The summed E-state index contributed by atoms with van der Waals surface area (Å²) in [6, 6.07) is 7.73. The number of primary amides is 1. The largest absolute Gasteiger partial charge is 0.368 e. The van der Waals surface area contributed by atoms with Gasteiger partial charge < -0.3 is 20.3 Å². The predicted molar refractivity (Wildman–Crippen MR) is 98.0 cm³/mol. The van der Waals surface area contributed by atoms with E-state index >= 15 is 0 Å². The van der Waals surface area contributed by atoms with Crippen molar-refractivity contribution in [3.05, 3.63) is 29.8 Å². The second-order valence-corrected chi connectivity index (χ2v) is 7.31. The molecule has 3 aliphatic heterocycles. The average molecular weight is 358 g/mol. The van der Waals surface area contributed by atoms with E-state index in [0.29, 0.717) is 39.1 Å². The molecule has 3 heterocycles. The van der Waals surface area contributed by atoms with Gasteiger partial charge in [-0.25, -0.2) is 9.59 Å². The Morgan fingerprint density at radius 1 is 0.962 bits per heavy atom. The summed E-state index contributed by atoms with van der Waals surface area (Å²) in [5, 5.41) is 0. The number of hydrogen-bond acceptors (Lipinski definition) is 3. The number of benzene rings is 1. The average Bonchev–Trinajstić information content (AvgIpc) is 3.15. The van der Waals surface area contributed by atoms with Crippen LogP contribution < -0.4 is 10.6 Å². The third-order valence-electron chi connectivity index (χ3n) is 5.87. The molecule has 0 aliphatic carbocycles. The molecule has 140 valence electrons. The fraction of sp³-hybridized carbons (Fsp3) is 0.579. The van der Waals surface area contributed by atoms with Crippen molar-refractivity contribution in [2.45, 2.75) is 31.3 Å². The lowest BCUT2D eigenvalue weighted by Crippen LogP contribution is -2.48. The highest BCUT2D eigenvalue weighted by atomic mass is 16.5. The molecule has 0 aromatic heterocycles. The summed E-state index contributed by atoms with van der Waals surface area (Å²) in [4.78, 5) is 30.0. The molecule has 0 radical (unpaired) electrons. The van der Waals surface area contributed by atoms with Gasteiger partial charge in [0, 0.05) is 31.7 Å². The van der Waals surface area contributed by atoms with Crippen LogP contribution in [-0.4, -0.2) is 61.2 Å². The number of amides is 4. The molecule has 0 bridgehead atoms. The summed E-state index contributed by atoms with van der Waals surface area (Å²) in [7, 11) is 0. The standard InChI is InChI=1S/C19H26N4O3/c20-17(24)21-11-7-19(8-12-21)15-5-1-2-6-16(15)23(13-14-26-19)18(25)22-9-3-4-10-22/h1-2,5-6H,3-4,7-14H2,(H2,20,24). The lowest BCUT2D eigenvalue weighted by atomic mass is 9.83. The summed E-state index contributed by atoms with van der Waals surface area (Å²) in [6.45, 7) is 3.85. The molecule has 0 unspecified atom stereocenters. The van der Waals surface area contributed by atoms with E-state index in [0.717, 1.165) is 37.2 Å². The quantitative estimate of drug-likeness (QED) is 0.771. The van der Waals surface area contributed by atoms with Crippen LogP contribution in [0.25, 0.3) is 0 Å². The number of fused-ring (bicyclic) bond motifs is 2. The van der Waals surface area contributed by atoms with E-state index in [1.54, 1.807) is 4.90 Å². The lowest BCUT2D eigenvalue weighted by molar-refractivity contribution is -0.0774. The maximum Gasteiger partial charge on any atom is 0.324 e. The van der Waals surface area contributed by atoms with Crippen molar-refractivity contribution in [3.8, 4) is 0 Å².